The summed E-state index contributed by atoms with van der Waals surface area (Å²) in [7, 11) is 0. The van der Waals surface area contributed by atoms with E-state index in [1.54, 1.807) is 9.42 Å². The molecule has 4 rings (SSSR count). The Balaban J connectivity index is 1.64. The Morgan fingerprint density at radius 3 is 2.67 bits per heavy atom. The van der Waals surface area contributed by atoms with Crippen molar-refractivity contribution >= 4 is 33.6 Å². The van der Waals surface area contributed by atoms with Crippen LogP contribution in [0, 0.1) is 0 Å². The molecule has 9 heteroatoms. The Morgan fingerprint density at radius 1 is 1.23 bits per heavy atom. The predicted molar refractivity (Wildman–Crippen MR) is 118 cm³/mol. The number of nitrogen functional groups attached to an aromatic ring is 1. The first-order valence-electron chi connectivity index (χ1n) is 9.98. The lowest BCUT2D eigenvalue weighted by molar-refractivity contribution is 0.0196. The van der Waals surface area contributed by atoms with Crippen LogP contribution in [0.5, 0.6) is 0 Å². The highest BCUT2D eigenvalue weighted by Gasteiger charge is 2.31. The van der Waals surface area contributed by atoms with Gasteiger partial charge in [0.25, 0.3) is 0 Å². The number of halogens is 1. The third-order valence-corrected chi connectivity index (χ3v) is 5.69. The molecular formula is C21H25BrN6O2. The zero-order chi connectivity index (χ0) is 21.5. The van der Waals surface area contributed by atoms with Gasteiger partial charge in [0.05, 0.1) is 10.2 Å². The monoisotopic (exact) mass is 472 g/mol. The van der Waals surface area contributed by atoms with Crippen molar-refractivity contribution in [3.05, 3.63) is 40.6 Å². The van der Waals surface area contributed by atoms with Gasteiger partial charge in [0.15, 0.2) is 11.5 Å². The van der Waals surface area contributed by atoms with Gasteiger partial charge in [-0.15, -0.1) is 5.10 Å². The zero-order valence-corrected chi connectivity index (χ0v) is 18.9. The van der Waals surface area contributed by atoms with Crippen LogP contribution in [0.25, 0.3) is 16.9 Å². The van der Waals surface area contributed by atoms with Gasteiger partial charge in [-0.1, -0.05) is 30.3 Å². The van der Waals surface area contributed by atoms with Crippen LogP contribution in [-0.4, -0.2) is 49.3 Å². The summed E-state index contributed by atoms with van der Waals surface area (Å²) in [5.41, 5.74) is 7.95. The Labute approximate surface area is 183 Å². The minimum atomic E-state index is -0.524. The molecule has 1 amide bonds. The topological polar surface area (TPSA) is 98.6 Å². The summed E-state index contributed by atoms with van der Waals surface area (Å²) in [5.74, 6) is 0.936. The summed E-state index contributed by atoms with van der Waals surface area (Å²) in [5, 5.41) is 4.61. The van der Waals surface area contributed by atoms with Crippen molar-refractivity contribution < 1.29 is 9.53 Å². The van der Waals surface area contributed by atoms with Crippen molar-refractivity contribution in [3.63, 3.8) is 0 Å². The highest BCUT2D eigenvalue weighted by molar-refractivity contribution is 9.10. The molecule has 1 aliphatic rings. The number of carbonyl (C=O) groups excluding carboxylic acids is 1. The molecule has 1 aromatic carbocycles. The van der Waals surface area contributed by atoms with Gasteiger partial charge in [0, 0.05) is 24.6 Å². The molecule has 158 valence electrons. The van der Waals surface area contributed by atoms with E-state index in [2.05, 4.69) is 26.0 Å². The lowest BCUT2D eigenvalue weighted by atomic mass is 9.98. The molecular weight excluding hydrogens is 448 g/mol. The van der Waals surface area contributed by atoms with Gasteiger partial charge >= 0.3 is 6.09 Å². The molecule has 8 nitrogen and oxygen atoms in total. The van der Waals surface area contributed by atoms with E-state index >= 15 is 0 Å². The number of anilines is 1. The van der Waals surface area contributed by atoms with Crippen LogP contribution in [0.4, 0.5) is 10.7 Å². The molecule has 30 heavy (non-hydrogen) atoms. The largest absolute Gasteiger partial charge is 0.444 e. The van der Waals surface area contributed by atoms with E-state index < -0.39 is 5.60 Å². The Kier molecular flexibility index (Phi) is 5.40. The van der Waals surface area contributed by atoms with Crippen LogP contribution in [0.15, 0.2) is 34.8 Å². The second-order valence-electron chi connectivity index (χ2n) is 8.47. The summed E-state index contributed by atoms with van der Waals surface area (Å²) in [4.78, 5) is 23.5. The molecule has 0 saturated carbocycles. The average Bonchev–Trinajstić information content (AvgIpc) is 3.17. The maximum absolute atomic E-state index is 12.5. The number of amides is 1. The standard InChI is InChI=1S/C21H25BrN6O2/c1-21(2,3)30-20(29)27-11-7-10-14(12-27)17-25-18-15(22)16(13-8-5-4-6-9-13)24-19(23)28(18)26-17/h4-6,8-9,14H,7,10-12H2,1-3H3,(H2,23,24)/t14-/m1/s1. The molecule has 3 aromatic rings. The van der Waals surface area contributed by atoms with E-state index in [0.717, 1.165) is 28.6 Å². The molecule has 0 spiro atoms. The molecule has 1 aliphatic heterocycles. The fraction of sp³-hybridized carbons (Fsp3) is 0.429. The molecule has 1 atom stereocenters. The minimum absolute atomic E-state index is 0.0117. The van der Waals surface area contributed by atoms with E-state index in [1.807, 2.05) is 51.1 Å². The normalized spacial score (nSPS) is 17.3. The van der Waals surface area contributed by atoms with Gasteiger partial charge in [0.2, 0.25) is 5.95 Å². The number of piperidine rings is 1. The fourth-order valence-electron chi connectivity index (χ4n) is 3.59. The van der Waals surface area contributed by atoms with E-state index in [-0.39, 0.29) is 18.0 Å². The lowest BCUT2D eigenvalue weighted by Gasteiger charge is -2.33. The number of benzene rings is 1. The highest BCUT2D eigenvalue weighted by atomic mass is 79.9. The maximum Gasteiger partial charge on any atom is 0.410 e. The Bertz CT molecular complexity index is 1080. The van der Waals surface area contributed by atoms with Crippen LogP contribution < -0.4 is 5.73 Å². The number of ether oxygens (including phenoxy) is 1. The highest BCUT2D eigenvalue weighted by Crippen LogP contribution is 2.32. The minimum Gasteiger partial charge on any atom is -0.444 e. The van der Waals surface area contributed by atoms with Crippen molar-refractivity contribution in [2.45, 2.75) is 45.1 Å². The van der Waals surface area contributed by atoms with Crippen LogP contribution in [0.3, 0.4) is 0 Å². The van der Waals surface area contributed by atoms with E-state index in [0.29, 0.717) is 24.6 Å². The molecule has 0 radical (unpaired) electrons. The van der Waals surface area contributed by atoms with Gasteiger partial charge < -0.3 is 15.4 Å². The summed E-state index contributed by atoms with van der Waals surface area (Å²) in [6.07, 6.45) is 1.46. The number of likely N-dealkylation sites (tertiary alicyclic amines) is 1. The zero-order valence-electron chi connectivity index (χ0n) is 17.3. The quantitative estimate of drug-likeness (QED) is 0.598. The Morgan fingerprint density at radius 2 is 1.97 bits per heavy atom. The number of carbonyl (C=O) groups is 1. The number of nitrogens with two attached hydrogens (primary N) is 1. The van der Waals surface area contributed by atoms with Gasteiger partial charge in [-0.2, -0.15) is 4.52 Å². The second kappa shape index (κ2) is 7.86. The maximum atomic E-state index is 12.5. The third kappa shape index (κ3) is 4.12. The second-order valence-corrected chi connectivity index (χ2v) is 9.26. The first kappa shape index (κ1) is 20.6. The van der Waals surface area contributed by atoms with Crippen molar-refractivity contribution in [2.75, 3.05) is 18.8 Å². The average molecular weight is 473 g/mol. The van der Waals surface area contributed by atoms with Gasteiger partial charge in [-0.05, 0) is 49.5 Å². The van der Waals surface area contributed by atoms with Crippen molar-refractivity contribution in [3.8, 4) is 11.3 Å². The molecule has 2 N–H and O–H groups in total. The number of hydrogen-bond donors (Lipinski definition) is 1. The first-order chi connectivity index (χ1) is 14.2. The summed E-state index contributed by atoms with van der Waals surface area (Å²) < 4.78 is 7.82. The third-order valence-electron chi connectivity index (χ3n) is 4.96. The number of nitrogens with zero attached hydrogens (tertiary/aromatic N) is 5. The molecule has 0 unspecified atom stereocenters. The summed E-state index contributed by atoms with van der Waals surface area (Å²) in [6, 6.07) is 9.80. The smallest absolute Gasteiger partial charge is 0.410 e. The molecule has 1 saturated heterocycles. The summed E-state index contributed by atoms with van der Waals surface area (Å²) >= 11 is 3.63. The van der Waals surface area contributed by atoms with Crippen molar-refractivity contribution in [2.24, 2.45) is 0 Å². The number of hydrogen-bond acceptors (Lipinski definition) is 6. The van der Waals surface area contributed by atoms with E-state index in [4.69, 9.17) is 15.5 Å². The molecule has 2 aromatic heterocycles. The predicted octanol–water partition coefficient (Wildman–Crippen LogP) is 4.25. The first-order valence-corrected chi connectivity index (χ1v) is 10.8. The van der Waals surface area contributed by atoms with Crippen LogP contribution >= 0.6 is 15.9 Å². The van der Waals surface area contributed by atoms with E-state index in [9.17, 15) is 4.79 Å². The van der Waals surface area contributed by atoms with Crippen molar-refractivity contribution in [1.29, 1.82) is 0 Å². The molecule has 0 aliphatic carbocycles. The molecule has 1 fully saturated rings. The Hall–Kier alpha value is -2.68. The molecule has 3 heterocycles. The molecule has 0 bridgehead atoms. The van der Waals surface area contributed by atoms with Crippen molar-refractivity contribution in [1.82, 2.24) is 24.5 Å². The summed E-state index contributed by atoms with van der Waals surface area (Å²) in [6.45, 7) is 6.79. The number of aromatic nitrogens is 4. The lowest BCUT2D eigenvalue weighted by Crippen LogP contribution is -2.42. The van der Waals surface area contributed by atoms with Crippen LogP contribution in [0.1, 0.15) is 45.4 Å². The van der Waals surface area contributed by atoms with Crippen LogP contribution in [0.2, 0.25) is 0 Å². The SMILES string of the molecule is CC(C)(C)OC(=O)N1CCC[C@@H](c2nc3c(Br)c(-c4ccccc4)nc(N)n3n2)C1. The van der Waals surface area contributed by atoms with Crippen LogP contribution in [-0.2, 0) is 4.74 Å². The van der Waals surface area contributed by atoms with Gasteiger partial charge in [-0.25, -0.2) is 14.8 Å². The van der Waals surface area contributed by atoms with Gasteiger partial charge in [-0.3, -0.25) is 0 Å². The van der Waals surface area contributed by atoms with E-state index in [1.165, 1.54) is 0 Å². The fourth-order valence-corrected chi connectivity index (χ4v) is 4.16. The van der Waals surface area contributed by atoms with Gasteiger partial charge in [0.1, 0.15) is 5.60 Å². The number of fused-ring (bicyclic) bond motifs is 1. The number of rotatable bonds is 2.